The van der Waals surface area contributed by atoms with Gasteiger partial charge in [-0.05, 0) is 18.1 Å². The molecule has 1 aliphatic rings. The highest BCUT2D eigenvalue weighted by atomic mass is 16.3. The van der Waals surface area contributed by atoms with Crippen LogP contribution in [0.1, 0.15) is 24.9 Å². The lowest BCUT2D eigenvalue weighted by Gasteiger charge is -2.23. The third kappa shape index (κ3) is 2.44. The van der Waals surface area contributed by atoms with Gasteiger partial charge in [-0.2, -0.15) is 0 Å². The van der Waals surface area contributed by atoms with Crippen molar-refractivity contribution in [3.05, 3.63) is 29.8 Å². The molecule has 1 fully saturated rings. The third-order valence-electron chi connectivity index (χ3n) is 3.38. The Hall–Kier alpha value is -1.10. The second-order valence-corrected chi connectivity index (χ2v) is 4.61. The average molecular weight is 236 g/mol. The Balaban J connectivity index is 2.26. The summed E-state index contributed by atoms with van der Waals surface area (Å²) in [5.74, 6) is 0. The molecule has 3 atom stereocenters. The number of rotatable bonds is 3. The second kappa shape index (κ2) is 5.04. The van der Waals surface area contributed by atoms with E-state index >= 15 is 0 Å². The summed E-state index contributed by atoms with van der Waals surface area (Å²) in [6.07, 6.45) is -0.461. The van der Waals surface area contributed by atoms with E-state index in [1.807, 2.05) is 29.2 Å². The first-order chi connectivity index (χ1) is 8.13. The molecule has 1 saturated heterocycles. The van der Waals surface area contributed by atoms with Crippen molar-refractivity contribution in [2.45, 2.75) is 31.6 Å². The molecule has 0 aliphatic carbocycles. The molecule has 0 spiro atoms. The third-order valence-corrected chi connectivity index (χ3v) is 3.38. The Bertz CT molecular complexity index is 373. The van der Waals surface area contributed by atoms with Crippen LogP contribution in [0.5, 0.6) is 0 Å². The van der Waals surface area contributed by atoms with Crippen LogP contribution in [-0.4, -0.2) is 35.5 Å². The summed E-state index contributed by atoms with van der Waals surface area (Å²) in [5.41, 5.74) is 8.19. The molecule has 2 unspecified atom stereocenters. The molecule has 4 heteroatoms. The highest BCUT2D eigenvalue weighted by Gasteiger charge is 2.30. The number of para-hydroxylation sites is 1. The number of nitrogens with two attached hydrogens (primary N) is 1. The molecule has 0 bridgehead atoms. The van der Waals surface area contributed by atoms with Crippen LogP contribution in [0.25, 0.3) is 0 Å². The molecule has 94 valence electrons. The van der Waals surface area contributed by atoms with E-state index < -0.39 is 12.2 Å². The van der Waals surface area contributed by atoms with E-state index in [0.29, 0.717) is 13.1 Å². The number of anilines is 1. The highest BCUT2D eigenvalue weighted by Crippen LogP contribution is 2.29. The first-order valence-electron chi connectivity index (χ1n) is 6.09. The molecule has 2 rings (SSSR count). The van der Waals surface area contributed by atoms with Crippen LogP contribution in [0.15, 0.2) is 24.3 Å². The number of hydrogen-bond donors (Lipinski definition) is 3. The Morgan fingerprint density at radius 1 is 1.29 bits per heavy atom. The zero-order valence-electron chi connectivity index (χ0n) is 10.1. The van der Waals surface area contributed by atoms with Gasteiger partial charge in [-0.1, -0.05) is 25.1 Å². The van der Waals surface area contributed by atoms with E-state index in [9.17, 15) is 10.2 Å². The van der Waals surface area contributed by atoms with Gasteiger partial charge in [0.05, 0.1) is 12.2 Å². The normalized spacial score (nSPS) is 26.2. The molecule has 0 radical (unpaired) electrons. The van der Waals surface area contributed by atoms with E-state index in [-0.39, 0.29) is 6.04 Å². The predicted octanol–water partition coefficient (Wildman–Crippen LogP) is 0.638. The number of aliphatic hydroxyl groups excluding tert-OH is 2. The van der Waals surface area contributed by atoms with Gasteiger partial charge in [0.25, 0.3) is 0 Å². The molecule has 1 aromatic carbocycles. The fourth-order valence-corrected chi connectivity index (χ4v) is 2.28. The zero-order chi connectivity index (χ0) is 12.4. The summed E-state index contributed by atoms with van der Waals surface area (Å²) in [6.45, 7) is 2.98. The molecule has 4 nitrogen and oxygen atoms in total. The maximum atomic E-state index is 9.59. The van der Waals surface area contributed by atoms with Gasteiger partial charge in [-0.25, -0.2) is 0 Å². The fourth-order valence-electron chi connectivity index (χ4n) is 2.28. The Morgan fingerprint density at radius 3 is 2.47 bits per heavy atom. The summed E-state index contributed by atoms with van der Waals surface area (Å²) in [6, 6.07) is 7.94. The van der Waals surface area contributed by atoms with Crippen LogP contribution in [0, 0.1) is 0 Å². The monoisotopic (exact) mass is 236 g/mol. The summed E-state index contributed by atoms with van der Waals surface area (Å²) in [7, 11) is 0. The molecule has 0 saturated carbocycles. The van der Waals surface area contributed by atoms with Crippen molar-refractivity contribution in [1.29, 1.82) is 0 Å². The summed E-state index contributed by atoms with van der Waals surface area (Å²) < 4.78 is 0. The Kier molecular flexibility index (Phi) is 3.66. The van der Waals surface area contributed by atoms with Crippen molar-refractivity contribution in [2.75, 3.05) is 18.0 Å². The zero-order valence-corrected chi connectivity index (χ0v) is 10.1. The van der Waals surface area contributed by atoms with E-state index in [1.54, 1.807) is 0 Å². The molecular weight excluding hydrogens is 216 g/mol. The van der Waals surface area contributed by atoms with Gasteiger partial charge in [0, 0.05) is 24.8 Å². The Morgan fingerprint density at radius 2 is 1.88 bits per heavy atom. The second-order valence-electron chi connectivity index (χ2n) is 4.61. The average Bonchev–Trinajstić information content (AvgIpc) is 2.68. The van der Waals surface area contributed by atoms with Gasteiger partial charge in [-0.3, -0.25) is 0 Å². The lowest BCUT2D eigenvalue weighted by atomic mass is 10.0. The number of hydrogen-bond acceptors (Lipinski definition) is 4. The van der Waals surface area contributed by atoms with Crippen molar-refractivity contribution in [3.63, 3.8) is 0 Å². The smallest absolute Gasteiger partial charge is 0.0990 e. The van der Waals surface area contributed by atoms with Crippen molar-refractivity contribution in [3.8, 4) is 0 Å². The number of β-amino-alcohol motifs (C(OH)–C–C–N with tert-alkyl or cyclic N) is 2. The largest absolute Gasteiger partial charge is 0.389 e. The highest BCUT2D eigenvalue weighted by molar-refractivity contribution is 5.56. The molecule has 1 aliphatic heterocycles. The van der Waals surface area contributed by atoms with Crippen molar-refractivity contribution < 1.29 is 10.2 Å². The molecule has 0 aromatic heterocycles. The molecule has 4 N–H and O–H groups in total. The SMILES string of the molecule is CC[C@@H](N)c1ccccc1N1CC(O)C(O)C1. The van der Waals surface area contributed by atoms with Crippen LogP contribution >= 0.6 is 0 Å². The summed E-state index contributed by atoms with van der Waals surface area (Å²) in [5, 5.41) is 19.2. The van der Waals surface area contributed by atoms with Crippen molar-refractivity contribution in [1.82, 2.24) is 0 Å². The predicted molar refractivity (Wildman–Crippen MR) is 67.9 cm³/mol. The van der Waals surface area contributed by atoms with Gasteiger partial charge in [0.2, 0.25) is 0 Å². The fraction of sp³-hybridized carbons (Fsp3) is 0.538. The molecular formula is C13H20N2O2. The summed E-state index contributed by atoms with van der Waals surface area (Å²) in [4.78, 5) is 2.00. The van der Waals surface area contributed by atoms with Crippen LogP contribution in [0.3, 0.4) is 0 Å². The summed E-state index contributed by atoms with van der Waals surface area (Å²) >= 11 is 0. The molecule has 17 heavy (non-hydrogen) atoms. The first-order valence-corrected chi connectivity index (χ1v) is 6.09. The van der Waals surface area contributed by atoms with Crippen LogP contribution in [0.2, 0.25) is 0 Å². The lowest BCUT2D eigenvalue weighted by Crippen LogP contribution is -2.24. The quantitative estimate of drug-likeness (QED) is 0.720. The molecule has 0 amide bonds. The lowest BCUT2D eigenvalue weighted by molar-refractivity contribution is 0.0572. The van der Waals surface area contributed by atoms with Gasteiger partial charge in [-0.15, -0.1) is 0 Å². The number of aliphatic hydroxyl groups is 2. The van der Waals surface area contributed by atoms with Crippen molar-refractivity contribution in [2.24, 2.45) is 5.73 Å². The maximum absolute atomic E-state index is 9.59. The van der Waals surface area contributed by atoms with Crippen LogP contribution in [0.4, 0.5) is 5.69 Å². The van der Waals surface area contributed by atoms with E-state index in [4.69, 9.17) is 5.73 Å². The Labute approximate surface area is 102 Å². The molecule has 1 heterocycles. The molecule has 1 aromatic rings. The standard InChI is InChI=1S/C13H20N2O2/c1-2-10(14)9-5-3-4-6-11(9)15-7-12(16)13(17)8-15/h3-6,10,12-13,16-17H,2,7-8,14H2,1H3/t10-,12?,13?/m1/s1. The van der Waals surface area contributed by atoms with Crippen LogP contribution in [-0.2, 0) is 0 Å². The topological polar surface area (TPSA) is 69.7 Å². The minimum atomic E-state index is -0.666. The number of nitrogens with zero attached hydrogens (tertiary/aromatic N) is 1. The van der Waals surface area contributed by atoms with Gasteiger partial charge < -0.3 is 20.8 Å². The van der Waals surface area contributed by atoms with Gasteiger partial charge in [0.1, 0.15) is 0 Å². The number of benzene rings is 1. The van der Waals surface area contributed by atoms with Gasteiger partial charge in [0.15, 0.2) is 0 Å². The van der Waals surface area contributed by atoms with E-state index in [0.717, 1.165) is 17.7 Å². The van der Waals surface area contributed by atoms with Crippen molar-refractivity contribution >= 4 is 5.69 Å². The minimum Gasteiger partial charge on any atom is -0.389 e. The van der Waals surface area contributed by atoms with E-state index in [1.165, 1.54) is 0 Å². The van der Waals surface area contributed by atoms with Crippen LogP contribution < -0.4 is 10.6 Å². The van der Waals surface area contributed by atoms with Gasteiger partial charge >= 0.3 is 0 Å². The maximum Gasteiger partial charge on any atom is 0.0990 e. The first kappa shape index (κ1) is 12.4. The minimum absolute atomic E-state index is 0.00101. The van der Waals surface area contributed by atoms with E-state index in [2.05, 4.69) is 6.92 Å².